The number of urea groups is 1. The molecule has 1 aliphatic carbocycles. The number of nitrogens with one attached hydrogen (secondary N) is 2. The molecule has 1 heterocycles. The molecule has 0 bridgehead atoms. The zero-order valence-corrected chi connectivity index (χ0v) is 15.2. The summed E-state index contributed by atoms with van der Waals surface area (Å²) in [6.45, 7) is 1.68. The van der Waals surface area contributed by atoms with Crippen molar-refractivity contribution in [1.29, 1.82) is 0 Å². The molecule has 2 fully saturated rings. The van der Waals surface area contributed by atoms with Crippen LogP contribution in [0, 0.1) is 5.92 Å². The Bertz CT molecular complexity index is 759. The first-order chi connectivity index (χ1) is 13.0. The Morgan fingerprint density at radius 2 is 1.96 bits per heavy atom. The van der Waals surface area contributed by atoms with Gasteiger partial charge < -0.3 is 15.0 Å². The van der Waals surface area contributed by atoms with Gasteiger partial charge in [-0.3, -0.25) is 19.7 Å². The quantitative estimate of drug-likeness (QED) is 0.728. The van der Waals surface area contributed by atoms with Crippen molar-refractivity contribution in [3.63, 3.8) is 0 Å². The van der Waals surface area contributed by atoms with Crippen LogP contribution >= 0.6 is 0 Å². The number of benzene rings is 1. The van der Waals surface area contributed by atoms with Gasteiger partial charge in [0.15, 0.2) is 6.61 Å². The number of hydrogen-bond donors (Lipinski definition) is 2. The Kier molecular flexibility index (Phi) is 5.73. The fourth-order valence-corrected chi connectivity index (χ4v) is 3.04. The van der Waals surface area contributed by atoms with Crippen LogP contribution < -0.4 is 15.5 Å². The molecule has 0 spiro atoms. The number of rotatable bonds is 6. The lowest BCUT2D eigenvalue weighted by molar-refractivity contribution is -0.152. The Morgan fingerprint density at radius 1 is 1.22 bits per heavy atom. The molecule has 2 N–H and O–H groups in total. The highest BCUT2D eigenvalue weighted by atomic mass is 16.5. The fourth-order valence-electron chi connectivity index (χ4n) is 3.04. The van der Waals surface area contributed by atoms with Crippen LogP contribution in [0.2, 0.25) is 0 Å². The lowest BCUT2D eigenvalue weighted by Crippen LogP contribution is -2.42. The van der Waals surface area contributed by atoms with Crippen molar-refractivity contribution in [2.45, 2.75) is 38.6 Å². The molecule has 27 heavy (non-hydrogen) atoms. The second-order valence-electron chi connectivity index (χ2n) is 6.79. The van der Waals surface area contributed by atoms with E-state index in [1.54, 1.807) is 4.90 Å². The molecule has 1 aromatic carbocycles. The van der Waals surface area contributed by atoms with Gasteiger partial charge in [-0.15, -0.1) is 0 Å². The smallest absolute Gasteiger partial charge is 0.321 e. The van der Waals surface area contributed by atoms with Crippen LogP contribution in [0.15, 0.2) is 24.3 Å². The number of carbonyl (C=O) groups excluding carboxylic acids is 4. The Balaban J connectivity index is 1.50. The summed E-state index contributed by atoms with van der Waals surface area (Å²) in [5, 5.41) is 4.72. The molecule has 2 aliphatic rings. The SMILES string of the molecule is CCc1ccccc1N1C[C@@H](C(=O)OCC(=O)NC(=O)NC2CC2)CC1=O. The van der Waals surface area contributed by atoms with Gasteiger partial charge in [0.25, 0.3) is 5.91 Å². The summed E-state index contributed by atoms with van der Waals surface area (Å²) in [6, 6.07) is 7.11. The van der Waals surface area contributed by atoms with E-state index in [0.717, 1.165) is 30.5 Å². The van der Waals surface area contributed by atoms with Gasteiger partial charge in [0, 0.05) is 24.7 Å². The second kappa shape index (κ2) is 8.20. The third-order valence-electron chi connectivity index (χ3n) is 4.63. The van der Waals surface area contributed by atoms with Crippen molar-refractivity contribution in [2.75, 3.05) is 18.1 Å². The molecule has 144 valence electrons. The molecule has 8 nitrogen and oxygen atoms in total. The van der Waals surface area contributed by atoms with Crippen LogP contribution in [0.3, 0.4) is 0 Å². The van der Waals surface area contributed by atoms with Crippen LogP contribution in [0.1, 0.15) is 31.7 Å². The highest BCUT2D eigenvalue weighted by Crippen LogP contribution is 2.29. The highest BCUT2D eigenvalue weighted by molar-refractivity contribution is 6.00. The summed E-state index contributed by atoms with van der Waals surface area (Å²) >= 11 is 0. The van der Waals surface area contributed by atoms with E-state index in [2.05, 4.69) is 10.6 Å². The van der Waals surface area contributed by atoms with E-state index in [1.807, 2.05) is 31.2 Å². The molecule has 1 atom stereocenters. The van der Waals surface area contributed by atoms with E-state index in [4.69, 9.17) is 4.74 Å². The van der Waals surface area contributed by atoms with Gasteiger partial charge in [0.05, 0.1) is 5.92 Å². The maximum atomic E-state index is 12.3. The zero-order valence-electron chi connectivity index (χ0n) is 15.2. The summed E-state index contributed by atoms with van der Waals surface area (Å²) < 4.78 is 4.99. The highest BCUT2D eigenvalue weighted by Gasteiger charge is 2.37. The predicted octanol–water partition coefficient (Wildman–Crippen LogP) is 1.13. The van der Waals surface area contributed by atoms with Crippen molar-refractivity contribution in [3.8, 4) is 0 Å². The number of para-hydroxylation sites is 1. The number of imide groups is 1. The minimum atomic E-state index is -0.695. The summed E-state index contributed by atoms with van der Waals surface area (Å²) in [4.78, 5) is 49.3. The fraction of sp³-hybridized carbons (Fsp3) is 0.474. The van der Waals surface area contributed by atoms with Crippen LogP contribution in [-0.2, 0) is 25.5 Å². The first-order valence-corrected chi connectivity index (χ1v) is 9.13. The minimum absolute atomic E-state index is 0.0423. The molecule has 8 heteroatoms. The van der Waals surface area contributed by atoms with E-state index in [9.17, 15) is 19.2 Å². The maximum absolute atomic E-state index is 12.3. The zero-order chi connectivity index (χ0) is 19.4. The predicted molar refractivity (Wildman–Crippen MR) is 96.9 cm³/mol. The Labute approximate surface area is 157 Å². The van der Waals surface area contributed by atoms with Gasteiger partial charge in [-0.25, -0.2) is 4.79 Å². The van der Waals surface area contributed by atoms with E-state index in [0.29, 0.717) is 0 Å². The van der Waals surface area contributed by atoms with Crippen molar-refractivity contribution in [2.24, 2.45) is 5.92 Å². The summed E-state index contributed by atoms with van der Waals surface area (Å²) in [6.07, 6.45) is 2.63. The molecule has 1 saturated carbocycles. The number of nitrogens with zero attached hydrogens (tertiary/aromatic N) is 1. The van der Waals surface area contributed by atoms with Gasteiger partial charge >= 0.3 is 12.0 Å². The third-order valence-corrected chi connectivity index (χ3v) is 4.63. The maximum Gasteiger partial charge on any atom is 0.321 e. The van der Waals surface area contributed by atoms with E-state index >= 15 is 0 Å². The molecular weight excluding hydrogens is 350 g/mol. The molecule has 1 aliphatic heterocycles. The summed E-state index contributed by atoms with van der Waals surface area (Å²) in [7, 11) is 0. The minimum Gasteiger partial charge on any atom is -0.455 e. The summed E-state index contributed by atoms with van der Waals surface area (Å²) in [5.74, 6) is -2.08. The monoisotopic (exact) mass is 373 g/mol. The number of hydrogen-bond acceptors (Lipinski definition) is 5. The van der Waals surface area contributed by atoms with Crippen molar-refractivity contribution in [1.82, 2.24) is 10.6 Å². The first-order valence-electron chi connectivity index (χ1n) is 9.13. The molecule has 0 aromatic heterocycles. The van der Waals surface area contributed by atoms with E-state index < -0.39 is 30.4 Å². The summed E-state index contributed by atoms with van der Waals surface area (Å²) in [5.41, 5.74) is 1.83. The molecule has 1 aromatic rings. The van der Waals surface area contributed by atoms with Gasteiger partial charge in [0.1, 0.15) is 0 Å². The van der Waals surface area contributed by atoms with Gasteiger partial charge in [-0.2, -0.15) is 0 Å². The number of carbonyl (C=O) groups is 4. The van der Waals surface area contributed by atoms with Gasteiger partial charge in [-0.1, -0.05) is 25.1 Å². The molecule has 3 rings (SSSR count). The second-order valence-corrected chi connectivity index (χ2v) is 6.79. The largest absolute Gasteiger partial charge is 0.455 e. The van der Waals surface area contributed by atoms with Crippen molar-refractivity contribution >= 4 is 29.5 Å². The Hall–Kier alpha value is -2.90. The average molecular weight is 373 g/mol. The van der Waals surface area contributed by atoms with Crippen LogP contribution in [0.4, 0.5) is 10.5 Å². The standard InChI is InChI=1S/C19H23N3O5/c1-2-12-5-3-4-6-15(12)22-10-13(9-17(22)24)18(25)27-11-16(23)21-19(26)20-14-7-8-14/h3-6,13-14H,2,7-11H2,1H3,(H2,20,21,23,26)/t13-/m0/s1. The van der Waals surface area contributed by atoms with Crippen molar-refractivity contribution in [3.05, 3.63) is 29.8 Å². The van der Waals surface area contributed by atoms with Crippen LogP contribution in [-0.4, -0.2) is 43.0 Å². The molecular formula is C19H23N3O5. The molecule has 0 unspecified atom stereocenters. The number of aryl methyl sites for hydroxylation is 1. The lowest BCUT2D eigenvalue weighted by atomic mass is 10.1. The lowest BCUT2D eigenvalue weighted by Gasteiger charge is -2.19. The molecule has 0 radical (unpaired) electrons. The number of ether oxygens (including phenoxy) is 1. The molecule has 4 amide bonds. The normalized spacial score (nSPS) is 18.9. The van der Waals surface area contributed by atoms with E-state index in [1.165, 1.54) is 0 Å². The van der Waals surface area contributed by atoms with Gasteiger partial charge in [0.2, 0.25) is 5.91 Å². The molecule has 1 saturated heterocycles. The number of anilines is 1. The van der Waals surface area contributed by atoms with Crippen LogP contribution in [0.25, 0.3) is 0 Å². The van der Waals surface area contributed by atoms with Gasteiger partial charge in [-0.05, 0) is 30.9 Å². The van der Waals surface area contributed by atoms with E-state index in [-0.39, 0.29) is 24.9 Å². The Morgan fingerprint density at radius 3 is 2.67 bits per heavy atom. The first kappa shape index (κ1) is 18.9. The third kappa shape index (κ3) is 4.84. The topological polar surface area (TPSA) is 105 Å². The number of amides is 4. The van der Waals surface area contributed by atoms with Crippen LogP contribution in [0.5, 0.6) is 0 Å². The number of esters is 1. The average Bonchev–Trinajstić information content (AvgIpc) is 3.38. The van der Waals surface area contributed by atoms with Crippen molar-refractivity contribution < 1.29 is 23.9 Å².